The molecule has 1 unspecified atom stereocenters. The Labute approximate surface area is 216 Å². The molecular formula is C26H23F4N3O4S. The third-order valence-electron chi connectivity index (χ3n) is 6.47. The summed E-state index contributed by atoms with van der Waals surface area (Å²) in [5, 5.41) is 2.36. The van der Waals surface area contributed by atoms with Gasteiger partial charge in [0.05, 0.1) is 23.2 Å². The molecule has 1 heterocycles. The van der Waals surface area contributed by atoms with Crippen molar-refractivity contribution >= 4 is 27.5 Å². The smallest absolute Gasteiger partial charge is 0.325 e. The second-order valence-electron chi connectivity index (χ2n) is 8.95. The van der Waals surface area contributed by atoms with Crippen molar-refractivity contribution < 1.29 is 35.6 Å². The van der Waals surface area contributed by atoms with Gasteiger partial charge in [0, 0.05) is 48.7 Å². The Balaban J connectivity index is 1.70. The third-order valence-corrected chi connectivity index (χ3v) is 7.65. The number of fused-ring (bicyclic) bond motifs is 1. The SMILES string of the molecule is CC1c2ccc(C(=O)NCc3c(F)cc(F)cc3F)cc2N(Cc2c(F)cccc2S(C)(=O)=O)C(=O)N1C. The van der Waals surface area contributed by atoms with Crippen LogP contribution in [-0.4, -0.2) is 38.6 Å². The fraction of sp³-hybridized carbons (Fsp3) is 0.231. The van der Waals surface area contributed by atoms with Crippen LogP contribution in [0, 0.1) is 23.3 Å². The number of halogens is 4. The molecule has 4 rings (SSSR count). The molecule has 0 fully saturated rings. The summed E-state index contributed by atoms with van der Waals surface area (Å²) in [6.45, 7) is 0.747. The van der Waals surface area contributed by atoms with Gasteiger partial charge in [-0.25, -0.2) is 30.8 Å². The minimum atomic E-state index is -3.83. The maximum Gasteiger partial charge on any atom is 0.325 e. The van der Waals surface area contributed by atoms with Gasteiger partial charge in [0.25, 0.3) is 5.91 Å². The van der Waals surface area contributed by atoms with Crippen LogP contribution in [0.4, 0.5) is 28.0 Å². The van der Waals surface area contributed by atoms with Crippen LogP contribution in [0.15, 0.2) is 53.4 Å². The standard InChI is InChI=1S/C26H23F4N3O4S/c1-14-17-8-7-15(25(34)31-12-18-21(29)10-16(27)11-22(18)30)9-23(17)33(26(35)32(14)2)13-19-20(28)5-4-6-24(19)38(3,36)37/h4-11,14H,12-13H2,1-3H3,(H,31,34). The second-order valence-corrected chi connectivity index (χ2v) is 10.9. The van der Waals surface area contributed by atoms with Gasteiger partial charge < -0.3 is 10.2 Å². The van der Waals surface area contributed by atoms with E-state index in [-0.39, 0.29) is 21.7 Å². The van der Waals surface area contributed by atoms with E-state index in [9.17, 15) is 35.6 Å². The van der Waals surface area contributed by atoms with Gasteiger partial charge in [-0.3, -0.25) is 9.69 Å². The summed E-state index contributed by atoms with van der Waals surface area (Å²) in [7, 11) is -2.30. The quantitative estimate of drug-likeness (QED) is 0.452. The Hall–Kier alpha value is -3.93. The number of sulfone groups is 1. The molecular weight excluding hydrogens is 526 g/mol. The van der Waals surface area contributed by atoms with Crippen LogP contribution >= 0.6 is 0 Å². The highest BCUT2D eigenvalue weighted by atomic mass is 32.2. The Morgan fingerprint density at radius 1 is 0.974 bits per heavy atom. The van der Waals surface area contributed by atoms with Gasteiger partial charge in [0.2, 0.25) is 0 Å². The van der Waals surface area contributed by atoms with Gasteiger partial charge >= 0.3 is 6.03 Å². The predicted octanol–water partition coefficient (Wildman–Crippen LogP) is 4.71. The average molecular weight is 550 g/mol. The zero-order valence-electron chi connectivity index (χ0n) is 20.6. The van der Waals surface area contributed by atoms with Crippen molar-refractivity contribution in [1.29, 1.82) is 0 Å². The third kappa shape index (κ3) is 5.08. The highest BCUT2D eigenvalue weighted by molar-refractivity contribution is 7.90. The maximum absolute atomic E-state index is 14.8. The van der Waals surface area contributed by atoms with Crippen molar-refractivity contribution in [2.24, 2.45) is 0 Å². The van der Waals surface area contributed by atoms with Crippen LogP contribution < -0.4 is 10.2 Å². The van der Waals surface area contributed by atoms with Crippen LogP contribution in [0.1, 0.15) is 40.0 Å². The lowest BCUT2D eigenvalue weighted by molar-refractivity contribution is 0.0950. The Bertz CT molecular complexity index is 1540. The molecule has 0 radical (unpaired) electrons. The Morgan fingerprint density at radius 2 is 1.63 bits per heavy atom. The number of nitrogens with zero attached hydrogens (tertiary/aromatic N) is 2. The highest BCUT2D eigenvalue weighted by Gasteiger charge is 2.35. The minimum Gasteiger partial charge on any atom is -0.348 e. The van der Waals surface area contributed by atoms with Gasteiger partial charge in [0.1, 0.15) is 23.3 Å². The van der Waals surface area contributed by atoms with Crippen molar-refractivity contribution in [3.63, 3.8) is 0 Å². The van der Waals surface area contributed by atoms with E-state index in [0.717, 1.165) is 12.3 Å². The van der Waals surface area contributed by atoms with Gasteiger partial charge in [-0.2, -0.15) is 0 Å². The highest BCUT2D eigenvalue weighted by Crippen LogP contribution is 2.38. The van der Waals surface area contributed by atoms with E-state index in [0.29, 0.717) is 17.7 Å². The zero-order valence-corrected chi connectivity index (χ0v) is 21.4. The Kier molecular flexibility index (Phi) is 7.20. The molecule has 12 heteroatoms. The van der Waals surface area contributed by atoms with Gasteiger partial charge in [-0.05, 0) is 36.8 Å². The molecule has 200 valence electrons. The molecule has 0 spiro atoms. The molecule has 0 saturated carbocycles. The minimum absolute atomic E-state index is 0.0260. The molecule has 0 saturated heterocycles. The van der Waals surface area contributed by atoms with Crippen LogP contribution in [0.2, 0.25) is 0 Å². The topological polar surface area (TPSA) is 86.8 Å². The van der Waals surface area contributed by atoms with Crippen molar-refractivity contribution in [2.45, 2.75) is 31.0 Å². The van der Waals surface area contributed by atoms with Crippen molar-refractivity contribution in [3.8, 4) is 0 Å². The maximum atomic E-state index is 14.8. The number of benzene rings is 3. The summed E-state index contributed by atoms with van der Waals surface area (Å²) in [5.74, 6) is -4.97. The number of urea groups is 1. The summed E-state index contributed by atoms with van der Waals surface area (Å²) in [6, 6.07) is 8.00. The number of hydrogen-bond acceptors (Lipinski definition) is 4. The first-order valence-corrected chi connectivity index (χ1v) is 13.3. The lowest BCUT2D eigenvalue weighted by Crippen LogP contribution is -2.47. The van der Waals surface area contributed by atoms with Crippen molar-refractivity contribution in [2.75, 3.05) is 18.2 Å². The number of hydrogen-bond donors (Lipinski definition) is 1. The fourth-order valence-electron chi connectivity index (χ4n) is 4.30. The van der Waals surface area contributed by atoms with E-state index in [1.54, 1.807) is 13.0 Å². The largest absolute Gasteiger partial charge is 0.348 e. The predicted molar refractivity (Wildman–Crippen MR) is 131 cm³/mol. The molecule has 1 aliphatic heterocycles. The molecule has 3 amide bonds. The molecule has 3 aromatic rings. The van der Waals surface area contributed by atoms with E-state index < -0.39 is 69.7 Å². The Morgan fingerprint density at radius 3 is 2.26 bits per heavy atom. The summed E-state index contributed by atoms with van der Waals surface area (Å²) in [4.78, 5) is 28.4. The van der Waals surface area contributed by atoms with Crippen molar-refractivity contribution in [3.05, 3.63) is 94.1 Å². The molecule has 1 N–H and O–H groups in total. The van der Waals surface area contributed by atoms with E-state index in [2.05, 4.69) is 5.32 Å². The lowest BCUT2D eigenvalue weighted by Gasteiger charge is -2.40. The van der Waals surface area contributed by atoms with E-state index in [1.165, 1.54) is 41.1 Å². The molecule has 1 aliphatic rings. The summed E-state index contributed by atoms with van der Waals surface area (Å²) in [5.41, 5.74) is 0.136. The van der Waals surface area contributed by atoms with Gasteiger partial charge in [-0.15, -0.1) is 0 Å². The van der Waals surface area contributed by atoms with Gasteiger partial charge in [-0.1, -0.05) is 12.1 Å². The van der Waals surface area contributed by atoms with Crippen LogP contribution in [0.5, 0.6) is 0 Å². The van der Waals surface area contributed by atoms with Crippen molar-refractivity contribution in [1.82, 2.24) is 10.2 Å². The number of anilines is 1. The van der Waals surface area contributed by atoms with E-state index in [1.807, 2.05) is 0 Å². The van der Waals surface area contributed by atoms with Crippen LogP contribution in [0.3, 0.4) is 0 Å². The normalized spacial score (nSPS) is 15.4. The summed E-state index contributed by atoms with van der Waals surface area (Å²) in [6.07, 6.45) is 0.931. The number of carbonyl (C=O) groups is 2. The number of nitrogens with one attached hydrogen (secondary N) is 1. The molecule has 3 aromatic carbocycles. The first-order valence-electron chi connectivity index (χ1n) is 11.4. The molecule has 1 atom stereocenters. The molecule has 0 aromatic heterocycles. The molecule has 0 aliphatic carbocycles. The first kappa shape index (κ1) is 27.1. The zero-order chi connectivity index (χ0) is 27.9. The molecule has 7 nitrogen and oxygen atoms in total. The molecule has 0 bridgehead atoms. The van der Waals surface area contributed by atoms with E-state index >= 15 is 0 Å². The number of carbonyl (C=O) groups excluding carboxylic acids is 2. The monoisotopic (exact) mass is 549 g/mol. The van der Waals surface area contributed by atoms with E-state index in [4.69, 9.17) is 0 Å². The average Bonchev–Trinajstić information content (AvgIpc) is 2.84. The number of amides is 3. The molecule has 38 heavy (non-hydrogen) atoms. The first-order chi connectivity index (χ1) is 17.8. The van der Waals surface area contributed by atoms with Gasteiger partial charge in [0.15, 0.2) is 9.84 Å². The fourth-order valence-corrected chi connectivity index (χ4v) is 5.24. The lowest BCUT2D eigenvalue weighted by atomic mass is 9.98. The summed E-state index contributed by atoms with van der Waals surface area (Å²) < 4.78 is 80.5. The second kappa shape index (κ2) is 10.1. The van der Waals surface area contributed by atoms with Crippen LogP contribution in [0.25, 0.3) is 0 Å². The van der Waals surface area contributed by atoms with Crippen LogP contribution in [-0.2, 0) is 22.9 Å². The summed E-state index contributed by atoms with van der Waals surface area (Å²) >= 11 is 0. The number of rotatable bonds is 6.